The molecule has 1 atom stereocenters. The lowest BCUT2D eigenvalue weighted by molar-refractivity contribution is -0.120. The van der Waals surface area contributed by atoms with Gasteiger partial charge in [-0.25, -0.2) is 4.98 Å². The fourth-order valence-electron chi connectivity index (χ4n) is 2.47. The van der Waals surface area contributed by atoms with Gasteiger partial charge in [0.25, 0.3) is 0 Å². The molecule has 0 fully saturated rings. The van der Waals surface area contributed by atoms with Crippen molar-refractivity contribution < 1.29 is 13.2 Å². The van der Waals surface area contributed by atoms with Crippen LogP contribution in [0.5, 0.6) is 0 Å². The van der Waals surface area contributed by atoms with Crippen molar-refractivity contribution in [3.63, 3.8) is 0 Å². The van der Waals surface area contributed by atoms with E-state index < -0.39 is 12.7 Å². The summed E-state index contributed by atoms with van der Waals surface area (Å²) in [5.74, 6) is 0. The lowest BCUT2D eigenvalue weighted by Crippen LogP contribution is -2.39. The number of hydrogen-bond donors (Lipinski definition) is 1. The van der Waals surface area contributed by atoms with Gasteiger partial charge in [0, 0.05) is 10.9 Å². The van der Waals surface area contributed by atoms with Crippen LogP contribution in [0.3, 0.4) is 0 Å². The van der Waals surface area contributed by atoms with Crippen molar-refractivity contribution in [1.29, 1.82) is 0 Å². The summed E-state index contributed by atoms with van der Waals surface area (Å²) in [7, 11) is 1.87. The molecule has 1 heterocycles. The fourth-order valence-corrected chi connectivity index (χ4v) is 3.77. The molecule has 1 N–H and O–H groups in total. The SMILES string of the molecule is CNC1CCCc2sc(N(CC(F)(F)F)C(C)C)nc21. The maximum Gasteiger partial charge on any atom is 0.406 e. The Morgan fingerprint density at radius 2 is 2.15 bits per heavy atom. The molecule has 1 aliphatic rings. The maximum absolute atomic E-state index is 12.7. The van der Waals surface area contributed by atoms with Crippen molar-refractivity contribution in [2.45, 2.75) is 51.4 Å². The van der Waals surface area contributed by atoms with Gasteiger partial charge in [-0.05, 0) is 40.2 Å². The molecular formula is C13H20F3N3S. The Bertz CT molecular complexity index is 456. The van der Waals surface area contributed by atoms with Gasteiger partial charge in [-0.2, -0.15) is 13.2 Å². The average Bonchev–Trinajstić information content (AvgIpc) is 2.77. The molecule has 2 rings (SSSR count). The van der Waals surface area contributed by atoms with Crippen molar-refractivity contribution >= 4 is 16.5 Å². The average molecular weight is 307 g/mol. The monoisotopic (exact) mass is 307 g/mol. The maximum atomic E-state index is 12.7. The largest absolute Gasteiger partial charge is 0.406 e. The molecule has 1 aromatic heterocycles. The normalized spacial score (nSPS) is 19.2. The zero-order valence-electron chi connectivity index (χ0n) is 11.9. The molecule has 114 valence electrons. The second kappa shape index (κ2) is 5.89. The topological polar surface area (TPSA) is 28.2 Å². The number of aryl methyl sites for hydroxylation is 1. The third-order valence-corrected chi connectivity index (χ3v) is 4.68. The molecule has 0 saturated carbocycles. The lowest BCUT2D eigenvalue weighted by atomic mass is 9.98. The molecule has 0 radical (unpaired) electrons. The number of hydrogen-bond acceptors (Lipinski definition) is 4. The number of anilines is 1. The summed E-state index contributed by atoms with van der Waals surface area (Å²) in [5, 5.41) is 3.68. The lowest BCUT2D eigenvalue weighted by Gasteiger charge is -2.27. The minimum Gasteiger partial charge on any atom is -0.337 e. The highest BCUT2D eigenvalue weighted by atomic mass is 32.1. The quantitative estimate of drug-likeness (QED) is 0.922. The highest BCUT2D eigenvalue weighted by Crippen LogP contribution is 2.37. The van der Waals surface area contributed by atoms with E-state index >= 15 is 0 Å². The van der Waals surface area contributed by atoms with Crippen LogP contribution < -0.4 is 10.2 Å². The predicted molar refractivity (Wildman–Crippen MR) is 75.4 cm³/mol. The summed E-state index contributed by atoms with van der Waals surface area (Å²) in [6.07, 6.45) is -1.24. The minimum absolute atomic E-state index is 0.170. The number of fused-ring (bicyclic) bond motifs is 1. The first kappa shape index (κ1) is 15.6. The zero-order valence-corrected chi connectivity index (χ0v) is 12.7. The summed E-state index contributed by atoms with van der Waals surface area (Å²) >= 11 is 1.41. The Hall–Kier alpha value is -0.820. The Morgan fingerprint density at radius 3 is 2.70 bits per heavy atom. The van der Waals surface area contributed by atoms with E-state index in [0.717, 1.165) is 29.8 Å². The van der Waals surface area contributed by atoms with E-state index in [1.807, 2.05) is 7.05 Å². The summed E-state index contributed by atoms with van der Waals surface area (Å²) in [6, 6.07) is -0.0547. The number of halogens is 3. The molecule has 0 saturated heterocycles. The number of alkyl halides is 3. The van der Waals surface area contributed by atoms with E-state index in [4.69, 9.17) is 0 Å². The first-order valence-electron chi connectivity index (χ1n) is 6.82. The van der Waals surface area contributed by atoms with Gasteiger partial charge in [-0.15, -0.1) is 11.3 Å². The van der Waals surface area contributed by atoms with Crippen LogP contribution in [0.4, 0.5) is 18.3 Å². The van der Waals surface area contributed by atoms with E-state index in [2.05, 4.69) is 10.3 Å². The Labute approximate surface area is 121 Å². The first-order valence-corrected chi connectivity index (χ1v) is 7.63. The zero-order chi connectivity index (χ0) is 14.9. The van der Waals surface area contributed by atoms with Gasteiger partial charge in [0.2, 0.25) is 0 Å². The van der Waals surface area contributed by atoms with Crippen molar-refractivity contribution in [3.05, 3.63) is 10.6 Å². The van der Waals surface area contributed by atoms with Gasteiger partial charge < -0.3 is 10.2 Å². The van der Waals surface area contributed by atoms with Gasteiger partial charge in [0.15, 0.2) is 5.13 Å². The molecule has 1 aromatic rings. The van der Waals surface area contributed by atoms with Gasteiger partial charge in [-0.3, -0.25) is 0 Å². The van der Waals surface area contributed by atoms with Crippen LogP contribution in [0.2, 0.25) is 0 Å². The van der Waals surface area contributed by atoms with Crippen LogP contribution in [0.25, 0.3) is 0 Å². The number of aromatic nitrogens is 1. The molecule has 1 unspecified atom stereocenters. The van der Waals surface area contributed by atoms with Crippen LogP contribution in [0.1, 0.15) is 43.3 Å². The van der Waals surface area contributed by atoms with Crippen molar-refractivity contribution in [2.75, 3.05) is 18.5 Å². The van der Waals surface area contributed by atoms with Crippen LogP contribution in [-0.2, 0) is 6.42 Å². The fraction of sp³-hybridized carbons (Fsp3) is 0.769. The summed E-state index contributed by atoms with van der Waals surface area (Å²) in [4.78, 5) is 6.96. The molecule has 7 heteroatoms. The smallest absolute Gasteiger partial charge is 0.337 e. The second-order valence-corrected chi connectivity index (χ2v) is 6.44. The van der Waals surface area contributed by atoms with Gasteiger partial charge in [0.05, 0.1) is 11.7 Å². The second-order valence-electron chi connectivity index (χ2n) is 5.38. The first-order chi connectivity index (χ1) is 9.31. The third kappa shape index (κ3) is 3.44. The molecule has 0 aromatic carbocycles. The van der Waals surface area contributed by atoms with Gasteiger partial charge in [0.1, 0.15) is 6.54 Å². The standard InChI is InChI=1S/C13H20F3N3S/c1-8(2)19(7-13(14,15)16)12-18-11-9(17-3)5-4-6-10(11)20-12/h8-9,17H,4-7H2,1-3H3. The van der Waals surface area contributed by atoms with Crippen LogP contribution >= 0.6 is 11.3 Å². The van der Waals surface area contributed by atoms with E-state index in [-0.39, 0.29) is 12.1 Å². The van der Waals surface area contributed by atoms with Crippen molar-refractivity contribution in [1.82, 2.24) is 10.3 Å². The molecule has 0 amide bonds. The van der Waals surface area contributed by atoms with Crippen molar-refractivity contribution in [2.24, 2.45) is 0 Å². The van der Waals surface area contributed by atoms with Crippen LogP contribution in [-0.4, -0.2) is 30.8 Å². The summed E-state index contributed by atoms with van der Waals surface area (Å²) in [6.45, 7) is 2.59. The Balaban J connectivity index is 2.29. The number of thiazole rings is 1. The van der Waals surface area contributed by atoms with E-state index in [1.165, 1.54) is 16.2 Å². The Morgan fingerprint density at radius 1 is 1.45 bits per heavy atom. The van der Waals surface area contributed by atoms with Gasteiger partial charge >= 0.3 is 6.18 Å². The molecule has 1 aliphatic carbocycles. The minimum atomic E-state index is -4.21. The van der Waals surface area contributed by atoms with E-state index in [0.29, 0.717) is 5.13 Å². The molecule has 20 heavy (non-hydrogen) atoms. The third-order valence-electron chi connectivity index (χ3n) is 3.51. The molecular weight excluding hydrogens is 287 g/mol. The molecule has 0 spiro atoms. The van der Waals surface area contributed by atoms with E-state index in [1.54, 1.807) is 13.8 Å². The molecule has 3 nitrogen and oxygen atoms in total. The van der Waals surface area contributed by atoms with Crippen molar-refractivity contribution in [3.8, 4) is 0 Å². The number of nitrogens with zero attached hydrogens (tertiary/aromatic N) is 2. The summed E-state index contributed by atoms with van der Waals surface area (Å²) < 4.78 is 38.1. The van der Waals surface area contributed by atoms with Crippen LogP contribution in [0.15, 0.2) is 0 Å². The van der Waals surface area contributed by atoms with E-state index in [9.17, 15) is 13.2 Å². The Kier molecular flexibility index (Phi) is 4.59. The summed E-state index contributed by atoms with van der Waals surface area (Å²) in [5.41, 5.74) is 0.937. The predicted octanol–water partition coefficient (Wildman–Crippen LogP) is 3.52. The molecule has 0 aliphatic heterocycles. The highest BCUT2D eigenvalue weighted by Gasteiger charge is 2.34. The number of rotatable bonds is 4. The van der Waals surface area contributed by atoms with Crippen LogP contribution in [0, 0.1) is 0 Å². The molecule has 0 bridgehead atoms. The number of nitrogens with one attached hydrogen (secondary N) is 1. The highest BCUT2D eigenvalue weighted by molar-refractivity contribution is 7.15. The van der Waals surface area contributed by atoms with Gasteiger partial charge in [-0.1, -0.05) is 0 Å².